The minimum atomic E-state index is -0.865. The fourth-order valence-electron chi connectivity index (χ4n) is 2.76. The molecular weight excluding hydrogens is 376 g/mol. The third-order valence-corrected chi connectivity index (χ3v) is 4.25. The van der Waals surface area contributed by atoms with Crippen LogP contribution >= 0.6 is 0 Å². The van der Waals surface area contributed by atoms with Crippen molar-refractivity contribution in [1.29, 1.82) is 0 Å². The summed E-state index contributed by atoms with van der Waals surface area (Å²) in [6.45, 7) is 7.30. The summed E-state index contributed by atoms with van der Waals surface area (Å²) in [5.41, 5.74) is 1.29. The molecule has 29 heavy (non-hydrogen) atoms. The smallest absolute Gasteiger partial charge is 0.361 e. The highest BCUT2D eigenvalue weighted by Gasteiger charge is 2.33. The van der Waals surface area contributed by atoms with Gasteiger partial charge in [0.15, 0.2) is 5.69 Å². The number of carbonyl (C=O) groups excluding carboxylic acids is 3. The molecule has 1 aromatic carbocycles. The molecule has 1 N–H and O–H groups in total. The maximum Gasteiger partial charge on any atom is 0.361 e. The number of rotatable bonds is 9. The second-order valence-electron chi connectivity index (χ2n) is 6.14. The van der Waals surface area contributed by atoms with Gasteiger partial charge in [0.1, 0.15) is 6.04 Å². The van der Waals surface area contributed by atoms with Gasteiger partial charge in [-0.15, -0.1) is 5.10 Å². The van der Waals surface area contributed by atoms with Gasteiger partial charge in [-0.1, -0.05) is 31.2 Å². The summed E-state index contributed by atoms with van der Waals surface area (Å²) in [5, 5.41) is 10.5. The van der Waals surface area contributed by atoms with Crippen LogP contribution in [0.3, 0.4) is 0 Å². The molecule has 2 rings (SSSR count). The molecular formula is C20H26N4O5. The maximum absolute atomic E-state index is 12.9. The minimum absolute atomic E-state index is 0.0963. The van der Waals surface area contributed by atoms with Gasteiger partial charge in [-0.3, -0.25) is 4.79 Å². The molecule has 0 radical (unpaired) electrons. The van der Waals surface area contributed by atoms with Gasteiger partial charge >= 0.3 is 11.9 Å². The maximum atomic E-state index is 12.9. The van der Waals surface area contributed by atoms with Crippen LogP contribution in [0.1, 0.15) is 66.7 Å². The van der Waals surface area contributed by atoms with E-state index in [1.807, 2.05) is 19.1 Å². The summed E-state index contributed by atoms with van der Waals surface area (Å²) in [4.78, 5) is 37.5. The lowest BCUT2D eigenvalue weighted by atomic mass is 10.1. The number of carbonyl (C=O) groups is 3. The monoisotopic (exact) mass is 402 g/mol. The van der Waals surface area contributed by atoms with Gasteiger partial charge in [0.05, 0.1) is 13.2 Å². The predicted octanol–water partition coefficient (Wildman–Crippen LogP) is 2.78. The standard InChI is InChI=1S/C20H26N4O5/c1-5-13-9-11-14(12-10-13)21-18(25)15(6-2)24-17(20(27)29-8-4)16(22-23-24)19(26)28-7-3/h9-12,15H,5-8H2,1-4H3,(H,21,25). The van der Waals surface area contributed by atoms with E-state index in [9.17, 15) is 14.4 Å². The first-order valence-electron chi connectivity index (χ1n) is 9.65. The number of nitrogens with zero attached hydrogens (tertiary/aromatic N) is 3. The fraction of sp³-hybridized carbons (Fsp3) is 0.450. The summed E-state index contributed by atoms with van der Waals surface area (Å²) >= 11 is 0. The minimum Gasteiger partial charge on any atom is -0.461 e. The third kappa shape index (κ3) is 5.18. The van der Waals surface area contributed by atoms with Crippen LogP contribution in [0.2, 0.25) is 0 Å². The first-order valence-corrected chi connectivity index (χ1v) is 9.65. The van der Waals surface area contributed by atoms with Gasteiger partial charge in [-0.2, -0.15) is 0 Å². The molecule has 0 fully saturated rings. The number of aryl methyl sites for hydroxylation is 1. The number of anilines is 1. The van der Waals surface area contributed by atoms with Crippen molar-refractivity contribution in [2.45, 2.75) is 46.6 Å². The summed E-state index contributed by atoms with van der Waals surface area (Å²) in [6, 6.07) is 6.60. The SMILES string of the molecule is CCOC(=O)c1nnn(C(CC)C(=O)Nc2ccc(CC)cc2)c1C(=O)OCC. The molecule has 156 valence electrons. The van der Waals surface area contributed by atoms with E-state index in [1.165, 1.54) is 0 Å². The zero-order valence-electron chi connectivity index (χ0n) is 17.1. The first-order chi connectivity index (χ1) is 14.0. The Hall–Kier alpha value is -3.23. The van der Waals surface area contributed by atoms with Gasteiger partial charge in [-0.25, -0.2) is 14.3 Å². The van der Waals surface area contributed by atoms with Crippen molar-refractivity contribution < 1.29 is 23.9 Å². The summed E-state index contributed by atoms with van der Waals surface area (Å²) in [5.74, 6) is -1.98. The molecule has 0 aliphatic carbocycles. The Morgan fingerprint density at radius 2 is 1.62 bits per heavy atom. The summed E-state index contributed by atoms with van der Waals surface area (Å²) < 4.78 is 11.1. The molecule has 0 aliphatic heterocycles. The van der Waals surface area contributed by atoms with Crippen molar-refractivity contribution in [3.8, 4) is 0 Å². The number of nitrogens with one attached hydrogen (secondary N) is 1. The van der Waals surface area contributed by atoms with Crippen molar-refractivity contribution in [2.75, 3.05) is 18.5 Å². The molecule has 1 heterocycles. The van der Waals surface area contributed by atoms with Crippen LogP contribution in [0, 0.1) is 0 Å². The van der Waals surface area contributed by atoms with Crippen molar-refractivity contribution in [1.82, 2.24) is 15.0 Å². The van der Waals surface area contributed by atoms with Gasteiger partial charge in [0.2, 0.25) is 11.6 Å². The van der Waals surface area contributed by atoms with Crippen LogP contribution in [0.25, 0.3) is 0 Å². The lowest BCUT2D eigenvalue weighted by Gasteiger charge is -2.17. The lowest BCUT2D eigenvalue weighted by Crippen LogP contribution is -2.29. The first kappa shape index (κ1) is 22.1. The second-order valence-corrected chi connectivity index (χ2v) is 6.14. The predicted molar refractivity (Wildman–Crippen MR) is 106 cm³/mol. The van der Waals surface area contributed by atoms with Crippen molar-refractivity contribution >= 4 is 23.5 Å². The van der Waals surface area contributed by atoms with E-state index >= 15 is 0 Å². The molecule has 0 aliphatic rings. The molecule has 0 saturated carbocycles. The van der Waals surface area contributed by atoms with Gasteiger partial charge in [0.25, 0.3) is 0 Å². The van der Waals surface area contributed by atoms with Gasteiger partial charge in [-0.05, 0) is 44.4 Å². The lowest BCUT2D eigenvalue weighted by molar-refractivity contribution is -0.119. The molecule has 1 atom stereocenters. The number of aromatic nitrogens is 3. The number of amides is 1. The topological polar surface area (TPSA) is 112 Å². The van der Waals surface area contributed by atoms with E-state index in [4.69, 9.17) is 9.47 Å². The van der Waals surface area contributed by atoms with E-state index in [0.717, 1.165) is 16.7 Å². The van der Waals surface area contributed by atoms with E-state index in [-0.39, 0.29) is 30.5 Å². The molecule has 9 heteroatoms. The zero-order chi connectivity index (χ0) is 21.4. The molecule has 0 bridgehead atoms. The van der Waals surface area contributed by atoms with E-state index in [2.05, 4.69) is 15.6 Å². The van der Waals surface area contributed by atoms with Crippen LogP contribution in [-0.4, -0.2) is 46.1 Å². The molecule has 1 amide bonds. The van der Waals surface area contributed by atoms with Crippen LogP contribution in [0.4, 0.5) is 5.69 Å². The molecule has 0 spiro atoms. The Balaban J connectivity index is 2.36. The number of esters is 2. The average Bonchev–Trinajstić information content (AvgIpc) is 3.14. The molecule has 2 aromatic rings. The molecule has 0 saturated heterocycles. The molecule has 9 nitrogen and oxygen atoms in total. The van der Waals surface area contributed by atoms with E-state index in [0.29, 0.717) is 12.1 Å². The number of hydrogen-bond acceptors (Lipinski definition) is 7. The number of benzene rings is 1. The van der Waals surface area contributed by atoms with E-state index < -0.39 is 18.0 Å². The molecule has 1 aromatic heterocycles. The normalized spacial score (nSPS) is 11.6. The van der Waals surface area contributed by atoms with Crippen molar-refractivity contribution in [3.05, 3.63) is 41.2 Å². The highest BCUT2D eigenvalue weighted by Crippen LogP contribution is 2.20. The van der Waals surface area contributed by atoms with Gasteiger partial charge < -0.3 is 14.8 Å². The van der Waals surface area contributed by atoms with Crippen LogP contribution in [-0.2, 0) is 20.7 Å². The van der Waals surface area contributed by atoms with Crippen LogP contribution < -0.4 is 5.32 Å². The molecule has 1 unspecified atom stereocenters. The Morgan fingerprint density at radius 3 is 2.17 bits per heavy atom. The second kappa shape index (κ2) is 10.4. The quantitative estimate of drug-likeness (QED) is 0.642. The summed E-state index contributed by atoms with van der Waals surface area (Å²) in [6.07, 6.45) is 1.21. The fourth-order valence-corrected chi connectivity index (χ4v) is 2.76. The Labute approximate surface area is 169 Å². The van der Waals surface area contributed by atoms with Gasteiger partial charge in [0, 0.05) is 5.69 Å². The average molecular weight is 402 g/mol. The van der Waals surface area contributed by atoms with Crippen molar-refractivity contribution in [2.24, 2.45) is 0 Å². The Bertz CT molecular complexity index is 860. The van der Waals surface area contributed by atoms with Crippen LogP contribution in [0.5, 0.6) is 0 Å². The third-order valence-electron chi connectivity index (χ3n) is 4.25. The van der Waals surface area contributed by atoms with Crippen molar-refractivity contribution in [3.63, 3.8) is 0 Å². The Morgan fingerprint density at radius 1 is 1.00 bits per heavy atom. The largest absolute Gasteiger partial charge is 0.461 e. The number of hydrogen-bond donors (Lipinski definition) is 1. The van der Waals surface area contributed by atoms with E-state index in [1.54, 1.807) is 32.9 Å². The zero-order valence-corrected chi connectivity index (χ0v) is 17.1. The highest BCUT2D eigenvalue weighted by molar-refractivity contribution is 6.01. The Kier molecular flexibility index (Phi) is 7.88. The summed E-state index contributed by atoms with van der Waals surface area (Å²) in [7, 11) is 0. The number of ether oxygens (including phenoxy) is 2. The van der Waals surface area contributed by atoms with Crippen LogP contribution in [0.15, 0.2) is 24.3 Å². The highest BCUT2D eigenvalue weighted by atomic mass is 16.5.